The first-order chi connectivity index (χ1) is 9.24. The minimum atomic E-state index is -0.182. The number of rotatable bonds is 5. The van der Waals surface area contributed by atoms with Crippen molar-refractivity contribution in [1.82, 2.24) is 0 Å². The Morgan fingerprint density at radius 2 is 1.84 bits per heavy atom. The van der Waals surface area contributed by atoms with Gasteiger partial charge in [0.25, 0.3) is 0 Å². The van der Waals surface area contributed by atoms with E-state index >= 15 is 0 Å². The third-order valence-corrected chi connectivity index (χ3v) is 3.91. The second-order valence-electron chi connectivity index (χ2n) is 5.55. The minimum Gasteiger partial charge on any atom is -0.348 e. The number of ether oxygens (including phenoxy) is 2. The first-order valence-corrected chi connectivity index (χ1v) is 7.60. The molecule has 1 heterocycles. The van der Waals surface area contributed by atoms with Gasteiger partial charge in [-0.1, -0.05) is 51.0 Å². The van der Waals surface area contributed by atoms with Crippen LogP contribution >= 0.6 is 0 Å². The lowest BCUT2D eigenvalue weighted by Gasteiger charge is -2.35. The van der Waals surface area contributed by atoms with Crippen LogP contribution in [0.4, 0.5) is 0 Å². The van der Waals surface area contributed by atoms with Gasteiger partial charge in [-0.05, 0) is 25.3 Å². The summed E-state index contributed by atoms with van der Waals surface area (Å²) in [6, 6.07) is 8.66. The maximum atomic E-state index is 6.02. The molecule has 2 rings (SSSR count). The summed E-state index contributed by atoms with van der Waals surface area (Å²) in [6.07, 6.45) is 4.81. The summed E-state index contributed by atoms with van der Waals surface area (Å²) in [5.41, 5.74) is 2.53. The van der Waals surface area contributed by atoms with Crippen molar-refractivity contribution < 1.29 is 9.47 Å². The second-order valence-corrected chi connectivity index (χ2v) is 5.55. The molecule has 0 amide bonds. The molecule has 1 fully saturated rings. The Morgan fingerprint density at radius 3 is 2.42 bits per heavy atom. The van der Waals surface area contributed by atoms with E-state index < -0.39 is 0 Å². The van der Waals surface area contributed by atoms with Gasteiger partial charge in [-0.15, -0.1) is 0 Å². The van der Waals surface area contributed by atoms with Crippen molar-refractivity contribution in [2.75, 3.05) is 6.61 Å². The fourth-order valence-corrected chi connectivity index (χ4v) is 2.69. The van der Waals surface area contributed by atoms with Crippen molar-refractivity contribution >= 4 is 0 Å². The molecular weight excluding hydrogens is 236 g/mol. The van der Waals surface area contributed by atoms with E-state index in [-0.39, 0.29) is 12.4 Å². The number of hydrogen-bond donors (Lipinski definition) is 0. The van der Waals surface area contributed by atoms with Crippen LogP contribution in [0.3, 0.4) is 0 Å². The predicted molar refractivity (Wildman–Crippen MR) is 78.1 cm³/mol. The summed E-state index contributed by atoms with van der Waals surface area (Å²) in [7, 11) is 0. The second kappa shape index (κ2) is 7.06. The van der Waals surface area contributed by atoms with Gasteiger partial charge in [0.2, 0.25) is 0 Å². The summed E-state index contributed by atoms with van der Waals surface area (Å²) in [6.45, 7) is 7.40. The van der Waals surface area contributed by atoms with Crippen molar-refractivity contribution in [3.05, 3.63) is 35.4 Å². The molecule has 0 spiro atoms. The van der Waals surface area contributed by atoms with Gasteiger partial charge in [0.1, 0.15) is 0 Å². The van der Waals surface area contributed by atoms with Gasteiger partial charge in [0.05, 0.1) is 12.7 Å². The maximum absolute atomic E-state index is 6.02. The van der Waals surface area contributed by atoms with E-state index in [1.807, 2.05) is 0 Å². The molecule has 0 aliphatic carbocycles. The molecule has 1 aromatic carbocycles. The Labute approximate surface area is 117 Å². The van der Waals surface area contributed by atoms with Crippen LogP contribution in [-0.2, 0) is 15.9 Å². The molecule has 1 aliphatic rings. The predicted octanol–water partition coefficient (Wildman–Crippen LogP) is 4.49. The highest BCUT2D eigenvalue weighted by Crippen LogP contribution is 2.31. The molecular formula is C17H26O2. The third-order valence-electron chi connectivity index (χ3n) is 3.91. The van der Waals surface area contributed by atoms with Crippen LogP contribution < -0.4 is 0 Å². The lowest BCUT2D eigenvalue weighted by atomic mass is 9.98. The SMILES string of the molecule is CCCc1ccc(C2OCC(CCC)C(C)O2)cc1. The molecule has 3 unspecified atom stereocenters. The van der Waals surface area contributed by atoms with Gasteiger partial charge in [-0.2, -0.15) is 0 Å². The van der Waals surface area contributed by atoms with Gasteiger partial charge in [-0.3, -0.25) is 0 Å². The van der Waals surface area contributed by atoms with Crippen LogP contribution in [0.1, 0.15) is 57.5 Å². The summed E-state index contributed by atoms with van der Waals surface area (Å²) in [4.78, 5) is 0. The van der Waals surface area contributed by atoms with E-state index in [2.05, 4.69) is 45.0 Å². The average molecular weight is 262 g/mol. The standard InChI is InChI=1S/C17H26O2/c1-4-6-14-8-10-15(11-9-14)17-18-12-16(7-5-2)13(3)19-17/h8-11,13,16-17H,4-7,12H2,1-3H3. The highest BCUT2D eigenvalue weighted by Gasteiger charge is 2.28. The molecule has 1 aliphatic heterocycles. The fourth-order valence-electron chi connectivity index (χ4n) is 2.69. The third kappa shape index (κ3) is 3.80. The number of aryl methyl sites for hydroxylation is 1. The molecule has 2 heteroatoms. The van der Waals surface area contributed by atoms with Crippen molar-refractivity contribution in [1.29, 1.82) is 0 Å². The molecule has 2 nitrogen and oxygen atoms in total. The highest BCUT2D eigenvalue weighted by atomic mass is 16.7. The molecule has 19 heavy (non-hydrogen) atoms. The Bertz CT molecular complexity index is 371. The summed E-state index contributed by atoms with van der Waals surface area (Å²) < 4.78 is 11.9. The van der Waals surface area contributed by atoms with E-state index in [0.717, 1.165) is 18.6 Å². The zero-order chi connectivity index (χ0) is 13.7. The molecule has 0 saturated carbocycles. The highest BCUT2D eigenvalue weighted by molar-refractivity contribution is 5.23. The Kier molecular flexibility index (Phi) is 5.41. The van der Waals surface area contributed by atoms with Gasteiger partial charge < -0.3 is 9.47 Å². The van der Waals surface area contributed by atoms with Crippen molar-refractivity contribution in [2.24, 2.45) is 5.92 Å². The van der Waals surface area contributed by atoms with Gasteiger partial charge >= 0.3 is 0 Å². The quantitative estimate of drug-likeness (QED) is 0.778. The Morgan fingerprint density at radius 1 is 1.11 bits per heavy atom. The zero-order valence-corrected chi connectivity index (χ0v) is 12.4. The van der Waals surface area contributed by atoms with E-state index in [9.17, 15) is 0 Å². The molecule has 106 valence electrons. The lowest BCUT2D eigenvalue weighted by Crippen LogP contribution is -2.34. The van der Waals surface area contributed by atoms with Crippen molar-refractivity contribution in [3.8, 4) is 0 Å². The largest absolute Gasteiger partial charge is 0.348 e. The summed E-state index contributed by atoms with van der Waals surface area (Å²) >= 11 is 0. The summed E-state index contributed by atoms with van der Waals surface area (Å²) in [5.74, 6) is 0.542. The van der Waals surface area contributed by atoms with E-state index in [1.54, 1.807) is 0 Å². The molecule has 1 saturated heterocycles. The maximum Gasteiger partial charge on any atom is 0.184 e. The van der Waals surface area contributed by atoms with Crippen molar-refractivity contribution in [2.45, 2.75) is 58.8 Å². The van der Waals surface area contributed by atoms with Crippen molar-refractivity contribution in [3.63, 3.8) is 0 Å². The number of hydrogen-bond acceptors (Lipinski definition) is 2. The normalized spacial score (nSPS) is 27.4. The van der Waals surface area contributed by atoms with E-state index in [0.29, 0.717) is 5.92 Å². The molecule has 0 radical (unpaired) electrons. The van der Waals surface area contributed by atoms with Crippen LogP contribution in [0.25, 0.3) is 0 Å². The fraction of sp³-hybridized carbons (Fsp3) is 0.647. The van der Waals surface area contributed by atoms with Gasteiger partial charge in [-0.25, -0.2) is 0 Å². The smallest absolute Gasteiger partial charge is 0.184 e. The molecule has 0 bridgehead atoms. The zero-order valence-electron chi connectivity index (χ0n) is 12.4. The molecule has 0 N–H and O–H groups in total. The molecule has 0 aromatic heterocycles. The number of benzene rings is 1. The van der Waals surface area contributed by atoms with E-state index in [1.165, 1.54) is 24.8 Å². The van der Waals surface area contributed by atoms with Crippen LogP contribution in [-0.4, -0.2) is 12.7 Å². The molecule has 1 aromatic rings. The monoisotopic (exact) mass is 262 g/mol. The van der Waals surface area contributed by atoms with Crippen LogP contribution in [0.5, 0.6) is 0 Å². The average Bonchev–Trinajstić information content (AvgIpc) is 2.43. The first-order valence-electron chi connectivity index (χ1n) is 7.60. The van der Waals surface area contributed by atoms with Crippen LogP contribution in [0.2, 0.25) is 0 Å². The van der Waals surface area contributed by atoms with E-state index in [4.69, 9.17) is 9.47 Å². The topological polar surface area (TPSA) is 18.5 Å². The molecule has 3 atom stereocenters. The van der Waals surface area contributed by atoms with Crippen LogP contribution in [0.15, 0.2) is 24.3 Å². The Balaban J connectivity index is 1.96. The first kappa shape index (κ1) is 14.5. The van der Waals surface area contributed by atoms with Crippen LogP contribution in [0, 0.1) is 5.92 Å². The lowest BCUT2D eigenvalue weighted by molar-refractivity contribution is -0.237. The van der Waals surface area contributed by atoms with Gasteiger partial charge in [0, 0.05) is 11.5 Å². The van der Waals surface area contributed by atoms with Gasteiger partial charge in [0.15, 0.2) is 6.29 Å². The Hall–Kier alpha value is -0.860. The summed E-state index contributed by atoms with van der Waals surface area (Å²) in [5, 5.41) is 0. The minimum absolute atomic E-state index is 0.182.